The molecule has 1 aromatic carbocycles. The molecular formula is C17H18ClN5O2. The Kier molecular flexibility index (Phi) is 5.57. The van der Waals surface area contributed by atoms with E-state index in [0.717, 1.165) is 18.7 Å². The Morgan fingerprint density at radius 3 is 2.60 bits per heavy atom. The summed E-state index contributed by atoms with van der Waals surface area (Å²) in [5.74, 6) is -0.199. The molecule has 2 N–H and O–H groups in total. The molecule has 0 aliphatic carbocycles. The van der Waals surface area contributed by atoms with Crippen LogP contribution in [0.1, 0.15) is 10.5 Å². The first-order valence-electron chi connectivity index (χ1n) is 8.00. The van der Waals surface area contributed by atoms with E-state index in [9.17, 15) is 9.59 Å². The van der Waals surface area contributed by atoms with Gasteiger partial charge in [0.1, 0.15) is 10.8 Å². The molecule has 0 bridgehead atoms. The third-order valence-corrected chi connectivity index (χ3v) is 4.02. The van der Waals surface area contributed by atoms with E-state index in [1.807, 2.05) is 30.3 Å². The van der Waals surface area contributed by atoms with Crippen LogP contribution in [-0.2, 0) is 4.79 Å². The molecular weight excluding hydrogens is 342 g/mol. The monoisotopic (exact) mass is 359 g/mol. The number of piperazine rings is 1. The Bertz CT molecular complexity index is 763. The molecule has 0 atom stereocenters. The van der Waals surface area contributed by atoms with Gasteiger partial charge in [0.2, 0.25) is 5.91 Å². The lowest BCUT2D eigenvalue weighted by molar-refractivity contribution is -0.130. The molecule has 2 amide bonds. The fourth-order valence-electron chi connectivity index (χ4n) is 2.52. The van der Waals surface area contributed by atoms with Crippen molar-refractivity contribution in [1.82, 2.24) is 25.5 Å². The lowest BCUT2D eigenvalue weighted by Crippen LogP contribution is -2.49. The van der Waals surface area contributed by atoms with E-state index >= 15 is 0 Å². The van der Waals surface area contributed by atoms with Crippen molar-refractivity contribution in [3.05, 3.63) is 47.2 Å². The average molecular weight is 360 g/mol. The van der Waals surface area contributed by atoms with Crippen LogP contribution >= 0.6 is 11.6 Å². The Morgan fingerprint density at radius 1 is 1.16 bits per heavy atom. The van der Waals surface area contributed by atoms with Gasteiger partial charge in [-0.05, 0) is 0 Å². The quantitative estimate of drug-likeness (QED) is 0.794. The summed E-state index contributed by atoms with van der Waals surface area (Å²) >= 11 is 6.02. The van der Waals surface area contributed by atoms with Gasteiger partial charge >= 0.3 is 0 Å². The van der Waals surface area contributed by atoms with Crippen molar-refractivity contribution in [3.8, 4) is 11.4 Å². The van der Waals surface area contributed by atoms with Crippen molar-refractivity contribution in [1.29, 1.82) is 0 Å². The van der Waals surface area contributed by atoms with Crippen LogP contribution in [0.25, 0.3) is 11.4 Å². The van der Waals surface area contributed by atoms with E-state index in [4.69, 9.17) is 11.6 Å². The SMILES string of the molecule is O=C(NCC(=O)N1CCNCC1)c1cc(Cl)nc(-c2ccccc2)n1. The topological polar surface area (TPSA) is 87.2 Å². The van der Waals surface area contributed by atoms with E-state index in [-0.39, 0.29) is 23.3 Å². The molecule has 0 radical (unpaired) electrons. The van der Waals surface area contributed by atoms with Gasteiger partial charge in [0, 0.05) is 37.8 Å². The number of halogens is 1. The van der Waals surface area contributed by atoms with Gasteiger partial charge in [0.05, 0.1) is 6.54 Å². The first kappa shape index (κ1) is 17.3. The zero-order valence-corrected chi connectivity index (χ0v) is 14.3. The van der Waals surface area contributed by atoms with E-state index in [2.05, 4.69) is 20.6 Å². The minimum atomic E-state index is -0.454. The van der Waals surface area contributed by atoms with Crippen LogP contribution in [0.15, 0.2) is 36.4 Å². The molecule has 1 fully saturated rings. The zero-order chi connectivity index (χ0) is 17.6. The number of amides is 2. The first-order chi connectivity index (χ1) is 12.1. The van der Waals surface area contributed by atoms with Crippen LogP contribution in [0, 0.1) is 0 Å². The largest absolute Gasteiger partial charge is 0.342 e. The zero-order valence-electron chi connectivity index (χ0n) is 13.5. The molecule has 1 aromatic heterocycles. The summed E-state index contributed by atoms with van der Waals surface area (Å²) in [6.45, 7) is 2.75. The maximum absolute atomic E-state index is 12.3. The summed E-state index contributed by atoms with van der Waals surface area (Å²) in [4.78, 5) is 34.6. The maximum atomic E-state index is 12.3. The van der Waals surface area contributed by atoms with E-state index in [1.54, 1.807) is 4.90 Å². The van der Waals surface area contributed by atoms with Crippen molar-refractivity contribution >= 4 is 23.4 Å². The van der Waals surface area contributed by atoms with Gasteiger partial charge in [-0.25, -0.2) is 9.97 Å². The minimum Gasteiger partial charge on any atom is -0.342 e. The molecule has 0 spiro atoms. The predicted molar refractivity (Wildman–Crippen MR) is 94.3 cm³/mol. The number of aromatic nitrogens is 2. The number of carbonyl (C=O) groups excluding carboxylic acids is 2. The highest BCUT2D eigenvalue weighted by molar-refractivity contribution is 6.29. The molecule has 0 saturated carbocycles. The Hall–Kier alpha value is -2.51. The highest BCUT2D eigenvalue weighted by atomic mass is 35.5. The van der Waals surface area contributed by atoms with Crippen molar-refractivity contribution in [3.63, 3.8) is 0 Å². The Labute approximate surface area is 150 Å². The molecule has 2 aromatic rings. The standard InChI is InChI=1S/C17H18ClN5O2/c18-14-10-13(21-16(22-14)12-4-2-1-3-5-12)17(25)20-11-15(24)23-8-6-19-7-9-23/h1-5,10,19H,6-9,11H2,(H,20,25). The highest BCUT2D eigenvalue weighted by Gasteiger charge is 2.18. The number of nitrogens with zero attached hydrogens (tertiary/aromatic N) is 3. The molecule has 3 rings (SSSR count). The fourth-order valence-corrected chi connectivity index (χ4v) is 2.71. The normalized spacial score (nSPS) is 14.2. The molecule has 1 saturated heterocycles. The van der Waals surface area contributed by atoms with Gasteiger partial charge in [-0.15, -0.1) is 0 Å². The summed E-state index contributed by atoms with van der Waals surface area (Å²) in [7, 11) is 0. The van der Waals surface area contributed by atoms with Gasteiger partial charge in [0.25, 0.3) is 5.91 Å². The van der Waals surface area contributed by atoms with E-state index in [0.29, 0.717) is 18.9 Å². The number of nitrogens with one attached hydrogen (secondary N) is 2. The van der Waals surface area contributed by atoms with Gasteiger partial charge in [-0.2, -0.15) is 0 Å². The second-order valence-corrected chi connectivity index (χ2v) is 5.97. The Balaban J connectivity index is 1.67. The summed E-state index contributed by atoms with van der Waals surface area (Å²) in [6, 6.07) is 10.6. The molecule has 25 heavy (non-hydrogen) atoms. The third-order valence-electron chi connectivity index (χ3n) is 3.83. The van der Waals surface area contributed by atoms with Crippen LogP contribution < -0.4 is 10.6 Å². The average Bonchev–Trinajstić information content (AvgIpc) is 2.66. The summed E-state index contributed by atoms with van der Waals surface area (Å²) < 4.78 is 0. The number of hydrogen-bond acceptors (Lipinski definition) is 5. The van der Waals surface area contributed by atoms with Crippen LogP contribution in [0.2, 0.25) is 5.15 Å². The van der Waals surface area contributed by atoms with Crippen molar-refractivity contribution in [2.24, 2.45) is 0 Å². The first-order valence-corrected chi connectivity index (χ1v) is 8.38. The van der Waals surface area contributed by atoms with Gasteiger partial charge in [-0.1, -0.05) is 41.9 Å². The molecule has 1 aliphatic rings. The van der Waals surface area contributed by atoms with E-state index < -0.39 is 5.91 Å². The maximum Gasteiger partial charge on any atom is 0.270 e. The second-order valence-electron chi connectivity index (χ2n) is 5.58. The second kappa shape index (κ2) is 8.04. The lowest BCUT2D eigenvalue weighted by Gasteiger charge is -2.27. The molecule has 8 heteroatoms. The van der Waals surface area contributed by atoms with Crippen LogP contribution in [0.5, 0.6) is 0 Å². The number of carbonyl (C=O) groups is 2. The van der Waals surface area contributed by atoms with Crippen molar-refractivity contribution in [2.45, 2.75) is 0 Å². The summed E-state index contributed by atoms with van der Waals surface area (Å²) in [6.07, 6.45) is 0. The number of hydrogen-bond donors (Lipinski definition) is 2. The molecule has 1 aliphatic heterocycles. The van der Waals surface area contributed by atoms with Gasteiger partial charge in [0.15, 0.2) is 5.82 Å². The Morgan fingerprint density at radius 2 is 1.88 bits per heavy atom. The minimum absolute atomic E-state index is 0.0683. The van der Waals surface area contributed by atoms with Crippen LogP contribution in [0.3, 0.4) is 0 Å². The van der Waals surface area contributed by atoms with E-state index in [1.165, 1.54) is 6.07 Å². The third kappa shape index (κ3) is 4.52. The van der Waals surface area contributed by atoms with Crippen molar-refractivity contribution in [2.75, 3.05) is 32.7 Å². The number of rotatable bonds is 4. The van der Waals surface area contributed by atoms with Crippen LogP contribution in [0.4, 0.5) is 0 Å². The smallest absolute Gasteiger partial charge is 0.270 e. The van der Waals surface area contributed by atoms with Gasteiger partial charge in [-0.3, -0.25) is 9.59 Å². The van der Waals surface area contributed by atoms with Crippen molar-refractivity contribution < 1.29 is 9.59 Å². The molecule has 0 unspecified atom stereocenters. The summed E-state index contributed by atoms with van der Waals surface area (Å²) in [5.41, 5.74) is 0.892. The lowest BCUT2D eigenvalue weighted by atomic mass is 10.2. The van der Waals surface area contributed by atoms with Crippen LogP contribution in [-0.4, -0.2) is 59.4 Å². The number of benzene rings is 1. The molecule has 130 valence electrons. The predicted octanol–water partition coefficient (Wildman–Crippen LogP) is 0.959. The molecule has 7 nitrogen and oxygen atoms in total. The molecule has 2 heterocycles. The van der Waals surface area contributed by atoms with Gasteiger partial charge < -0.3 is 15.5 Å². The highest BCUT2D eigenvalue weighted by Crippen LogP contribution is 2.17. The fraction of sp³-hybridized carbons (Fsp3) is 0.294. The summed E-state index contributed by atoms with van der Waals surface area (Å²) in [5, 5.41) is 5.95.